The number of aromatic nitrogens is 2. The minimum Gasteiger partial charge on any atom is -0.385 e. The Morgan fingerprint density at radius 1 is 1.10 bits per heavy atom. The van der Waals surface area contributed by atoms with Crippen molar-refractivity contribution in [3.8, 4) is 0 Å². The van der Waals surface area contributed by atoms with E-state index in [1.807, 2.05) is 59.5 Å². The summed E-state index contributed by atoms with van der Waals surface area (Å²) in [5.74, 6) is 0.223. The average molecular weight is 389 g/mol. The van der Waals surface area contributed by atoms with Crippen LogP contribution in [0.1, 0.15) is 43.4 Å². The Hall–Kier alpha value is -2.66. The zero-order chi connectivity index (χ0) is 19.8. The number of hydrogen-bond donors (Lipinski definition) is 2. The molecule has 0 radical (unpaired) electrons. The molecule has 1 amide bonds. The van der Waals surface area contributed by atoms with Crippen molar-refractivity contribution in [2.24, 2.45) is 5.92 Å². The largest absolute Gasteiger partial charge is 0.385 e. The maximum Gasteiger partial charge on any atom is 0.228 e. The third-order valence-corrected chi connectivity index (χ3v) is 6.94. The Balaban J connectivity index is 1.41. The molecule has 2 aliphatic rings. The van der Waals surface area contributed by atoms with Crippen LogP contribution >= 0.6 is 0 Å². The molecule has 5 heteroatoms. The molecule has 5 nitrogen and oxygen atoms in total. The molecule has 1 saturated heterocycles. The quantitative estimate of drug-likeness (QED) is 0.716. The Kier molecular flexibility index (Phi) is 4.63. The van der Waals surface area contributed by atoms with Gasteiger partial charge in [0.1, 0.15) is 0 Å². The Bertz CT molecular complexity index is 1020. The zero-order valence-electron chi connectivity index (χ0n) is 16.6. The third-order valence-electron chi connectivity index (χ3n) is 6.94. The molecule has 2 N–H and O–H groups in total. The molecule has 0 bridgehead atoms. The fraction of sp³-hybridized carbons (Fsp3) is 0.417. The van der Waals surface area contributed by atoms with Crippen LogP contribution in [0.2, 0.25) is 0 Å². The van der Waals surface area contributed by atoms with Gasteiger partial charge in [-0.25, -0.2) is 0 Å². The average Bonchev–Trinajstić information content (AvgIpc) is 3.17. The van der Waals surface area contributed by atoms with Gasteiger partial charge < -0.3 is 10.0 Å². The topological polar surface area (TPSA) is 69.2 Å². The lowest BCUT2D eigenvalue weighted by molar-refractivity contribution is -0.154. The second-order valence-electron chi connectivity index (χ2n) is 8.48. The molecule has 1 saturated carbocycles. The normalized spacial score (nSPS) is 27.0. The van der Waals surface area contributed by atoms with E-state index in [1.165, 1.54) is 0 Å². The van der Waals surface area contributed by atoms with Gasteiger partial charge in [-0.05, 0) is 30.9 Å². The summed E-state index contributed by atoms with van der Waals surface area (Å²) < 4.78 is 0. The number of fused-ring (bicyclic) bond motifs is 2. The highest BCUT2D eigenvalue weighted by atomic mass is 16.3. The first kappa shape index (κ1) is 18.4. The van der Waals surface area contributed by atoms with Crippen LogP contribution in [0.4, 0.5) is 0 Å². The van der Waals surface area contributed by atoms with Gasteiger partial charge in [-0.1, -0.05) is 61.4 Å². The summed E-state index contributed by atoms with van der Waals surface area (Å²) >= 11 is 0. The van der Waals surface area contributed by atoms with E-state index in [1.54, 1.807) is 0 Å². The van der Waals surface area contributed by atoms with Crippen molar-refractivity contribution in [1.29, 1.82) is 0 Å². The van der Waals surface area contributed by atoms with E-state index in [9.17, 15) is 9.90 Å². The number of aromatic amines is 1. The Morgan fingerprint density at radius 3 is 2.72 bits per heavy atom. The van der Waals surface area contributed by atoms with Gasteiger partial charge in [0, 0.05) is 23.9 Å². The van der Waals surface area contributed by atoms with Crippen LogP contribution in [0, 0.1) is 5.92 Å². The SMILES string of the molecule is O=C(Cc1[nH]nc2ccccc12)N1CC[C@@](O)(c2ccccc2)[C@H]2CCCC[C@H]21. The standard InChI is InChI=1S/C24H27N3O2/c28-23(16-21-18-10-4-6-12-20(18)25-26-21)27-15-14-24(29,17-8-2-1-3-9-17)19-11-5-7-13-22(19)27/h1-4,6,8-10,12,19,22,29H,5,7,11,13-16H2,(H,25,26)/t19-,22+,24+/m0/s1. The van der Waals surface area contributed by atoms with Crippen LogP contribution < -0.4 is 0 Å². The summed E-state index contributed by atoms with van der Waals surface area (Å²) in [6, 6.07) is 18.0. The zero-order valence-corrected chi connectivity index (χ0v) is 16.6. The van der Waals surface area contributed by atoms with Gasteiger partial charge in [0.05, 0.1) is 23.2 Å². The number of rotatable bonds is 3. The van der Waals surface area contributed by atoms with Crippen molar-refractivity contribution in [1.82, 2.24) is 15.1 Å². The molecule has 3 aromatic rings. The highest BCUT2D eigenvalue weighted by Crippen LogP contribution is 2.47. The van der Waals surface area contributed by atoms with Gasteiger partial charge >= 0.3 is 0 Å². The highest BCUT2D eigenvalue weighted by Gasteiger charge is 2.50. The third kappa shape index (κ3) is 3.14. The maximum atomic E-state index is 13.3. The van der Waals surface area contributed by atoms with Gasteiger partial charge in [0.15, 0.2) is 0 Å². The van der Waals surface area contributed by atoms with Crippen molar-refractivity contribution >= 4 is 16.8 Å². The van der Waals surface area contributed by atoms with Crippen LogP contribution in [0.3, 0.4) is 0 Å². The smallest absolute Gasteiger partial charge is 0.228 e. The predicted molar refractivity (Wildman–Crippen MR) is 112 cm³/mol. The van der Waals surface area contributed by atoms with E-state index in [-0.39, 0.29) is 17.9 Å². The first-order valence-electron chi connectivity index (χ1n) is 10.7. The summed E-state index contributed by atoms with van der Waals surface area (Å²) in [7, 11) is 0. The lowest BCUT2D eigenvalue weighted by Crippen LogP contribution is -2.59. The van der Waals surface area contributed by atoms with Crippen molar-refractivity contribution < 1.29 is 9.90 Å². The molecule has 5 rings (SSSR count). The number of likely N-dealkylation sites (tertiary alicyclic amines) is 1. The fourth-order valence-electron chi connectivity index (χ4n) is 5.48. The van der Waals surface area contributed by atoms with Crippen LogP contribution in [0.25, 0.3) is 10.9 Å². The van der Waals surface area contributed by atoms with Crippen LogP contribution in [-0.2, 0) is 16.8 Å². The molecule has 2 fully saturated rings. The van der Waals surface area contributed by atoms with Gasteiger partial charge in [0.2, 0.25) is 5.91 Å². The molecule has 1 aliphatic heterocycles. The number of carbonyl (C=O) groups is 1. The summed E-state index contributed by atoms with van der Waals surface area (Å²) in [5.41, 5.74) is 1.91. The molecule has 29 heavy (non-hydrogen) atoms. The molecule has 0 unspecified atom stereocenters. The molecule has 1 aliphatic carbocycles. The number of carbonyl (C=O) groups excluding carboxylic acids is 1. The molecule has 0 spiro atoms. The number of nitrogens with one attached hydrogen (secondary N) is 1. The van der Waals surface area contributed by atoms with Crippen molar-refractivity contribution in [3.05, 3.63) is 65.9 Å². The molecule has 1 aromatic heterocycles. The second kappa shape index (κ2) is 7.30. The number of hydrogen-bond acceptors (Lipinski definition) is 3. The first-order valence-corrected chi connectivity index (χ1v) is 10.7. The van der Waals surface area contributed by atoms with Crippen LogP contribution in [-0.4, -0.2) is 38.7 Å². The number of H-pyrrole nitrogens is 1. The lowest BCUT2D eigenvalue weighted by atomic mass is 9.66. The fourth-order valence-corrected chi connectivity index (χ4v) is 5.48. The van der Waals surface area contributed by atoms with Crippen molar-refractivity contribution in [2.45, 2.75) is 50.2 Å². The number of amides is 1. The predicted octanol–water partition coefficient (Wildman–Crippen LogP) is 3.78. The Labute approximate surface area is 170 Å². The number of piperidine rings is 1. The molecule has 2 aromatic carbocycles. The van der Waals surface area contributed by atoms with Gasteiger partial charge in [-0.2, -0.15) is 5.10 Å². The molecule has 3 atom stereocenters. The van der Waals surface area contributed by atoms with E-state index in [2.05, 4.69) is 10.2 Å². The molecular formula is C24H27N3O2. The van der Waals surface area contributed by atoms with Gasteiger partial charge in [-0.15, -0.1) is 0 Å². The van der Waals surface area contributed by atoms with E-state index in [0.29, 0.717) is 19.4 Å². The van der Waals surface area contributed by atoms with Gasteiger partial charge in [0.25, 0.3) is 0 Å². The van der Waals surface area contributed by atoms with Crippen LogP contribution in [0.5, 0.6) is 0 Å². The lowest BCUT2D eigenvalue weighted by Gasteiger charge is -2.52. The van der Waals surface area contributed by atoms with E-state index >= 15 is 0 Å². The van der Waals surface area contributed by atoms with Gasteiger partial charge in [-0.3, -0.25) is 9.89 Å². The van der Waals surface area contributed by atoms with Crippen molar-refractivity contribution in [3.63, 3.8) is 0 Å². The molecule has 150 valence electrons. The Morgan fingerprint density at radius 2 is 1.86 bits per heavy atom. The summed E-state index contributed by atoms with van der Waals surface area (Å²) in [5, 5.41) is 20.1. The number of nitrogens with zero attached hydrogens (tertiary/aromatic N) is 2. The number of para-hydroxylation sites is 1. The number of benzene rings is 2. The van der Waals surface area contributed by atoms with E-state index in [0.717, 1.165) is 47.8 Å². The maximum absolute atomic E-state index is 13.3. The summed E-state index contributed by atoms with van der Waals surface area (Å²) in [6.07, 6.45) is 5.08. The summed E-state index contributed by atoms with van der Waals surface area (Å²) in [4.78, 5) is 15.3. The minimum absolute atomic E-state index is 0.0925. The van der Waals surface area contributed by atoms with Crippen LogP contribution in [0.15, 0.2) is 54.6 Å². The first-order chi connectivity index (χ1) is 14.2. The minimum atomic E-state index is -0.843. The van der Waals surface area contributed by atoms with E-state index in [4.69, 9.17) is 0 Å². The highest BCUT2D eigenvalue weighted by molar-refractivity contribution is 5.87. The molecular weight excluding hydrogens is 362 g/mol. The second-order valence-corrected chi connectivity index (χ2v) is 8.48. The van der Waals surface area contributed by atoms with E-state index < -0.39 is 5.60 Å². The monoisotopic (exact) mass is 389 g/mol. The number of aliphatic hydroxyl groups is 1. The summed E-state index contributed by atoms with van der Waals surface area (Å²) in [6.45, 7) is 0.595. The molecule has 2 heterocycles. The van der Waals surface area contributed by atoms with Crippen molar-refractivity contribution in [2.75, 3.05) is 6.54 Å².